The van der Waals surface area contributed by atoms with E-state index < -0.39 is 12.6 Å². The number of nitrogens with one attached hydrogen (secondary N) is 2. The monoisotopic (exact) mass is 351 g/mol. The minimum absolute atomic E-state index is 0.187. The summed E-state index contributed by atoms with van der Waals surface area (Å²) in [4.78, 5) is 20.1. The fourth-order valence-corrected chi connectivity index (χ4v) is 3.01. The normalized spacial score (nSPS) is 11.2. The number of benzene rings is 1. The van der Waals surface area contributed by atoms with E-state index in [1.807, 2.05) is 12.3 Å². The van der Waals surface area contributed by atoms with Gasteiger partial charge >= 0.3 is 12.6 Å². The number of carbonyl (C=O) groups is 1. The van der Waals surface area contributed by atoms with Crippen LogP contribution in [0, 0.1) is 6.92 Å². The standard InChI is InChI=1S/C15H15F2N5OS/c1-9-8-24-15(19-9)21-14(23)18-7-6-12-20-10-4-2-3-5-11(10)22(12)13(16)17/h2-5,8,13H,6-7H2,1H3,(H2,18,19,21,23). The maximum atomic E-state index is 13.3. The third-order valence-corrected chi connectivity index (χ3v) is 4.21. The third kappa shape index (κ3) is 3.51. The van der Waals surface area contributed by atoms with Gasteiger partial charge in [0.15, 0.2) is 5.13 Å². The molecule has 0 spiro atoms. The van der Waals surface area contributed by atoms with Gasteiger partial charge in [-0.25, -0.2) is 14.8 Å². The van der Waals surface area contributed by atoms with E-state index in [1.165, 1.54) is 11.3 Å². The Hall–Kier alpha value is -2.55. The lowest BCUT2D eigenvalue weighted by Crippen LogP contribution is -2.31. The van der Waals surface area contributed by atoms with Crippen molar-refractivity contribution in [2.75, 3.05) is 11.9 Å². The van der Waals surface area contributed by atoms with E-state index in [0.29, 0.717) is 16.2 Å². The van der Waals surface area contributed by atoms with Gasteiger partial charge in [-0.1, -0.05) is 12.1 Å². The maximum absolute atomic E-state index is 13.3. The number of hydrogen-bond acceptors (Lipinski definition) is 4. The number of amides is 2. The van der Waals surface area contributed by atoms with Gasteiger partial charge < -0.3 is 5.32 Å². The van der Waals surface area contributed by atoms with Crippen LogP contribution in [-0.4, -0.2) is 27.1 Å². The van der Waals surface area contributed by atoms with Crippen molar-refractivity contribution in [3.63, 3.8) is 0 Å². The molecule has 0 bridgehead atoms. The number of carbonyl (C=O) groups excluding carboxylic acids is 1. The van der Waals surface area contributed by atoms with Crippen molar-refractivity contribution in [3.05, 3.63) is 41.2 Å². The predicted molar refractivity (Wildman–Crippen MR) is 88.6 cm³/mol. The Morgan fingerprint density at radius 1 is 1.33 bits per heavy atom. The number of rotatable bonds is 5. The number of imidazole rings is 1. The van der Waals surface area contributed by atoms with Gasteiger partial charge in [-0.05, 0) is 19.1 Å². The molecular formula is C15H15F2N5OS. The van der Waals surface area contributed by atoms with E-state index in [-0.39, 0.29) is 18.8 Å². The quantitative estimate of drug-likeness (QED) is 0.738. The number of anilines is 1. The fourth-order valence-electron chi connectivity index (χ4n) is 2.33. The van der Waals surface area contributed by atoms with Gasteiger partial charge in [0.05, 0.1) is 16.7 Å². The van der Waals surface area contributed by atoms with Crippen LogP contribution in [0.2, 0.25) is 0 Å². The summed E-state index contributed by atoms with van der Waals surface area (Å²) in [5, 5.41) is 7.52. The molecule has 0 fully saturated rings. The average molecular weight is 351 g/mol. The zero-order valence-electron chi connectivity index (χ0n) is 12.8. The number of fused-ring (bicyclic) bond motifs is 1. The average Bonchev–Trinajstić information content (AvgIpc) is 3.10. The Labute approximate surface area is 140 Å². The molecule has 0 saturated carbocycles. The summed E-state index contributed by atoms with van der Waals surface area (Å²) in [7, 11) is 0. The molecule has 1 aromatic carbocycles. The first-order chi connectivity index (χ1) is 11.5. The predicted octanol–water partition coefficient (Wildman–Crippen LogP) is 3.56. The number of urea groups is 1. The molecule has 0 unspecified atom stereocenters. The molecule has 126 valence electrons. The first-order valence-electron chi connectivity index (χ1n) is 7.25. The minimum Gasteiger partial charge on any atom is -0.337 e. The SMILES string of the molecule is Cc1csc(NC(=O)NCCc2nc3ccccc3n2C(F)F)n1. The Bertz CT molecular complexity index is 861. The molecule has 9 heteroatoms. The van der Waals surface area contributed by atoms with Crippen LogP contribution >= 0.6 is 11.3 Å². The zero-order chi connectivity index (χ0) is 17.1. The second kappa shape index (κ2) is 6.91. The van der Waals surface area contributed by atoms with Crippen LogP contribution < -0.4 is 10.6 Å². The molecule has 24 heavy (non-hydrogen) atoms. The van der Waals surface area contributed by atoms with Gasteiger partial charge in [-0.2, -0.15) is 8.78 Å². The first kappa shape index (κ1) is 16.3. The van der Waals surface area contributed by atoms with Crippen LogP contribution in [0.3, 0.4) is 0 Å². The van der Waals surface area contributed by atoms with Crippen molar-refractivity contribution >= 4 is 33.5 Å². The van der Waals surface area contributed by atoms with Crippen LogP contribution in [-0.2, 0) is 6.42 Å². The van der Waals surface area contributed by atoms with Crippen molar-refractivity contribution in [1.82, 2.24) is 19.9 Å². The molecule has 3 aromatic rings. The maximum Gasteiger partial charge on any atom is 0.321 e. The summed E-state index contributed by atoms with van der Waals surface area (Å²) in [5.41, 5.74) is 1.71. The molecule has 0 aliphatic heterocycles. The largest absolute Gasteiger partial charge is 0.337 e. The van der Waals surface area contributed by atoms with E-state index >= 15 is 0 Å². The van der Waals surface area contributed by atoms with Gasteiger partial charge in [-0.15, -0.1) is 11.3 Å². The molecule has 2 aromatic heterocycles. The molecule has 0 saturated heterocycles. The highest BCUT2D eigenvalue weighted by Crippen LogP contribution is 2.23. The summed E-state index contributed by atoms with van der Waals surface area (Å²) in [6, 6.07) is 6.29. The van der Waals surface area contributed by atoms with Crippen LogP contribution in [0.25, 0.3) is 11.0 Å². The fraction of sp³-hybridized carbons (Fsp3) is 0.267. The molecule has 2 N–H and O–H groups in total. The summed E-state index contributed by atoms with van der Waals surface area (Å²) in [6.45, 7) is -0.666. The summed E-state index contributed by atoms with van der Waals surface area (Å²) in [6.07, 6.45) is 0.198. The summed E-state index contributed by atoms with van der Waals surface area (Å²) in [5.74, 6) is 0.233. The second-order valence-corrected chi connectivity index (χ2v) is 5.95. The zero-order valence-corrected chi connectivity index (χ0v) is 13.6. The molecule has 6 nitrogen and oxygen atoms in total. The number of aromatic nitrogens is 3. The van der Waals surface area contributed by atoms with Crippen LogP contribution in [0.1, 0.15) is 18.1 Å². The summed E-state index contributed by atoms with van der Waals surface area (Å²) < 4.78 is 27.5. The lowest BCUT2D eigenvalue weighted by Gasteiger charge is -2.08. The molecule has 0 aliphatic rings. The van der Waals surface area contributed by atoms with Crippen molar-refractivity contribution in [3.8, 4) is 0 Å². The summed E-state index contributed by atoms with van der Waals surface area (Å²) >= 11 is 1.32. The lowest BCUT2D eigenvalue weighted by atomic mass is 10.3. The highest BCUT2D eigenvalue weighted by molar-refractivity contribution is 7.13. The molecule has 3 rings (SSSR count). The topological polar surface area (TPSA) is 71.8 Å². The second-order valence-electron chi connectivity index (χ2n) is 5.09. The number of halogens is 2. The Morgan fingerprint density at radius 3 is 2.83 bits per heavy atom. The molecular weight excluding hydrogens is 336 g/mol. The van der Waals surface area contributed by atoms with Crippen molar-refractivity contribution in [1.29, 1.82) is 0 Å². The van der Waals surface area contributed by atoms with Gasteiger partial charge in [-0.3, -0.25) is 9.88 Å². The molecule has 0 aliphatic carbocycles. The van der Waals surface area contributed by atoms with Gasteiger partial charge in [0.1, 0.15) is 5.82 Å². The van der Waals surface area contributed by atoms with Crippen LogP contribution in [0.15, 0.2) is 29.6 Å². The molecule has 0 atom stereocenters. The highest BCUT2D eigenvalue weighted by Gasteiger charge is 2.17. The lowest BCUT2D eigenvalue weighted by molar-refractivity contribution is 0.0715. The van der Waals surface area contributed by atoms with Crippen molar-refractivity contribution in [2.45, 2.75) is 19.9 Å². The number of para-hydroxylation sites is 2. The number of nitrogens with zero attached hydrogens (tertiary/aromatic N) is 3. The Morgan fingerprint density at radius 2 is 2.12 bits per heavy atom. The first-order valence-corrected chi connectivity index (χ1v) is 8.13. The Balaban J connectivity index is 1.63. The van der Waals surface area contributed by atoms with Gasteiger partial charge in [0.25, 0.3) is 0 Å². The van der Waals surface area contributed by atoms with E-state index in [2.05, 4.69) is 20.6 Å². The smallest absolute Gasteiger partial charge is 0.321 e. The Kier molecular flexibility index (Phi) is 4.70. The van der Waals surface area contributed by atoms with E-state index in [1.54, 1.807) is 24.3 Å². The molecule has 0 radical (unpaired) electrons. The van der Waals surface area contributed by atoms with Crippen LogP contribution in [0.4, 0.5) is 18.7 Å². The van der Waals surface area contributed by atoms with Crippen molar-refractivity contribution < 1.29 is 13.6 Å². The van der Waals surface area contributed by atoms with E-state index in [9.17, 15) is 13.6 Å². The van der Waals surface area contributed by atoms with Gasteiger partial charge in [0, 0.05) is 18.3 Å². The molecule has 2 heterocycles. The highest BCUT2D eigenvalue weighted by atomic mass is 32.1. The van der Waals surface area contributed by atoms with Crippen LogP contribution in [0.5, 0.6) is 0 Å². The molecule has 2 amide bonds. The van der Waals surface area contributed by atoms with E-state index in [0.717, 1.165) is 10.3 Å². The van der Waals surface area contributed by atoms with Crippen molar-refractivity contribution in [2.24, 2.45) is 0 Å². The number of alkyl halides is 2. The number of hydrogen-bond donors (Lipinski definition) is 2. The van der Waals surface area contributed by atoms with E-state index in [4.69, 9.17) is 0 Å². The number of aryl methyl sites for hydroxylation is 1. The van der Waals surface area contributed by atoms with Gasteiger partial charge in [0.2, 0.25) is 0 Å². The minimum atomic E-state index is -2.68. The number of thiazole rings is 1. The third-order valence-electron chi connectivity index (χ3n) is 3.34.